The molecule has 0 saturated heterocycles. The van der Waals surface area contributed by atoms with Gasteiger partial charge in [-0.1, -0.05) is 11.6 Å². The van der Waals surface area contributed by atoms with Crippen molar-refractivity contribution in [2.24, 2.45) is 19.8 Å². The van der Waals surface area contributed by atoms with Crippen LogP contribution in [0.4, 0.5) is 14.6 Å². The summed E-state index contributed by atoms with van der Waals surface area (Å²) < 4.78 is 30.5. The summed E-state index contributed by atoms with van der Waals surface area (Å²) in [6.07, 6.45) is 0. The molecule has 4 N–H and O–H groups in total. The summed E-state index contributed by atoms with van der Waals surface area (Å²) in [5, 5.41) is -0.654. The van der Waals surface area contributed by atoms with Gasteiger partial charge in [0.2, 0.25) is 0 Å². The van der Waals surface area contributed by atoms with Crippen LogP contribution in [0.1, 0.15) is 5.56 Å². The summed E-state index contributed by atoms with van der Waals surface area (Å²) in [7, 11) is 2.64. The standard InChI is InChI=1S/C16H14ClF2N5O2/c1-23-14-11(15(25)24(2)16(23)26)9(6(5-20)13(21)22-14)10-7(18)3-4-8(19)12(10)17/h3-4H,5,20H2,1-2H3,(H2,21,22). The van der Waals surface area contributed by atoms with Crippen LogP contribution in [0.25, 0.3) is 22.2 Å². The van der Waals surface area contributed by atoms with E-state index in [0.29, 0.717) is 0 Å². The Labute approximate surface area is 150 Å². The Kier molecular flexibility index (Phi) is 4.29. The number of hydrogen-bond acceptors (Lipinski definition) is 5. The lowest BCUT2D eigenvalue weighted by Gasteiger charge is -2.17. The van der Waals surface area contributed by atoms with Crippen LogP contribution in [0.5, 0.6) is 0 Å². The van der Waals surface area contributed by atoms with Crippen LogP contribution in [0.2, 0.25) is 5.02 Å². The SMILES string of the molecule is Cn1c(=O)c2c(-c3c(F)ccc(F)c3Cl)c(CN)c(N)nc2n(C)c1=O. The van der Waals surface area contributed by atoms with E-state index < -0.39 is 27.9 Å². The Morgan fingerprint density at radius 1 is 1.12 bits per heavy atom. The Morgan fingerprint density at radius 2 is 1.73 bits per heavy atom. The molecule has 0 aliphatic rings. The van der Waals surface area contributed by atoms with Gasteiger partial charge in [0.1, 0.15) is 17.5 Å². The van der Waals surface area contributed by atoms with Crippen molar-refractivity contribution in [1.29, 1.82) is 0 Å². The summed E-state index contributed by atoms with van der Waals surface area (Å²) in [5.74, 6) is -1.86. The molecule has 0 unspecified atom stereocenters. The minimum Gasteiger partial charge on any atom is -0.383 e. The van der Waals surface area contributed by atoms with Crippen LogP contribution in [-0.4, -0.2) is 14.1 Å². The van der Waals surface area contributed by atoms with Gasteiger partial charge in [0.25, 0.3) is 5.56 Å². The number of halogens is 3. The monoisotopic (exact) mass is 381 g/mol. The molecule has 0 aliphatic heterocycles. The van der Waals surface area contributed by atoms with E-state index in [9.17, 15) is 18.4 Å². The Balaban J connectivity index is 2.72. The zero-order chi connectivity index (χ0) is 19.3. The van der Waals surface area contributed by atoms with E-state index in [1.165, 1.54) is 14.1 Å². The number of hydrogen-bond donors (Lipinski definition) is 2. The van der Waals surface area contributed by atoms with E-state index in [4.69, 9.17) is 23.1 Å². The third kappa shape index (κ3) is 2.39. The highest BCUT2D eigenvalue weighted by Crippen LogP contribution is 2.39. The number of benzene rings is 1. The molecule has 10 heteroatoms. The number of fused-ring (bicyclic) bond motifs is 1. The fourth-order valence-corrected chi connectivity index (χ4v) is 3.13. The normalized spacial score (nSPS) is 11.3. The maximum Gasteiger partial charge on any atom is 0.332 e. The Hall–Kier alpha value is -2.78. The van der Waals surface area contributed by atoms with Crippen molar-refractivity contribution in [2.75, 3.05) is 5.73 Å². The lowest BCUT2D eigenvalue weighted by molar-refractivity contribution is 0.603. The molecule has 0 aliphatic carbocycles. The number of rotatable bonds is 2. The molecule has 0 spiro atoms. The predicted octanol–water partition coefficient (Wildman–Crippen LogP) is 1.27. The first kappa shape index (κ1) is 18.0. The lowest BCUT2D eigenvalue weighted by atomic mass is 9.96. The Bertz CT molecular complexity index is 1190. The highest BCUT2D eigenvalue weighted by molar-refractivity contribution is 6.34. The van der Waals surface area contributed by atoms with E-state index in [1.807, 2.05) is 0 Å². The van der Waals surface area contributed by atoms with Crippen LogP contribution in [0.3, 0.4) is 0 Å². The minimum absolute atomic E-state index is 0.0757. The zero-order valence-corrected chi connectivity index (χ0v) is 14.6. The van der Waals surface area contributed by atoms with Gasteiger partial charge in [0, 0.05) is 37.3 Å². The van der Waals surface area contributed by atoms with Crippen molar-refractivity contribution >= 4 is 28.5 Å². The largest absolute Gasteiger partial charge is 0.383 e. The number of aryl methyl sites for hydroxylation is 1. The van der Waals surface area contributed by atoms with Crippen molar-refractivity contribution in [3.63, 3.8) is 0 Å². The molecule has 3 aromatic rings. The molecule has 2 aromatic heterocycles. The maximum atomic E-state index is 14.6. The molecule has 0 radical (unpaired) electrons. The topological polar surface area (TPSA) is 109 Å². The van der Waals surface area contributed by atoms with Gasteiger partial charge >= 0.3 is 5.69 Å². The van der Waals surface area contributed by atoms with Gasteiger partial charge in [-0.15, -0.1) is 0 Å². The summed E-state index contributed by atoms with van der Waals surface area (Å²) in [6.45, 7) is -0.206. The molecule has 7 nitrogen and oxygen atoms in total. The van der Waals surface area contributed by atoms with Crippen LogP contribution >= 0.6 is 11.6 Å². The quantitative estimate of drug-likeness (QED) is 0.650. The zero-order valence-electron chi connectivity index (χ0n) is 13.8. The second-order valence-electron chi connectivity index (χ2n) is 5.68. The van der Waals surface area contributed by atoms with Gasteiger partial charge in [0.15, 0.2) is 5.65 Å². The molecule has 0 fully saturated rings. The number of nitrogens with two attached hydrogens (primary N) is 2. The molecule has 0 atom stereocenters. The van der Waals surface area contributed by atoms with Gasteiger partial charge in [-0.3, -0.25) is 13.9 Å². The second-order valence-corrected chi connectivity index (χ2v) is 6.06. The highest BCUT2D eigenvalue weighted by atomic mass is 35.5. The van der Waals surface area contributed by atoms with Crippen LogP contribution < -0.4 is 22.7 Å². The number of anilines is 1. The average Bonchev–Trinajstić information content (AvgIpc) is 2.61. The summed E-state index contributed by atoms with van der Waals surface area (Å²) in [6, 6.07) is 1.75. The van der Waals surface area contributed by atoms with Gasteiger partial charge < -0.3 is 11.5 Å². The van der Waals surface area contributed by atoms with Crippen LogP contribution in [0, 0.1) is 11.6 Å². The van der Waals surface area contributed by atoms with E-state index in [1.54, 1.807) is 0 Å². The molecular weight excluding hydrogens is 368 g/mol. The fraction of sp³-hybridized carbons (Fsp3) is 0.188. The fourth-order valence-electron chi connectivity index (χ4n) is 2.88. The minimum atomic E-state index is -0.879. The average molecular weight is 382 g/mol. The van der Waals surface area contributed by atoms with Gasteiger partial charge in [-0.2, -0.15) is 0 Å². The van der Waals surface area contributed by atoms with Crippen molar-refractivity contribution in [1.82, 2.24) is 14.1 Å². The number of nitrogen functional groups attached to an aromatic ring is 1. The van der Waals surface area contributed by atoms with E-state index >= 15 is 0 Å². The number of pyridine rings is 1. The molecule has 0 bridgehead atoms. The van der Waals surface area contributed by atoms with E-state index in [-0.39, 0.29) is 40.1 Å². The third-order valence-corrected chi connectivity index (χ3v) is 4.59. The lowest BCUT2D eigenvalue weighted by Crippen LogP contribution is -2.38. The first-order chi connectivity index (χ1) is 12.2. The number of aromatic nitrogens is 3. The van der Waals surface area contributed by atoms with Gasteiger partial charge in [-0.25, -0.2) is 18.6 Å². The second kappa shape index (κ2) is 6.19. The van der Waals surface area contributed by atoms with E-state index in [2.05, 4.69) is 4.98 Å². The third-order valence-electron chi connectivity index (χ3n) is 4.22. The molecule has 26 heavy (non-hydrogen) atoms. The summed E-state index contributed by atoms with van der Waals surface area (Å²) >= 11 is 5.98. The van der Waals surface area contributed by atoms with Crippen LogP contribution in [0.15, 0.2) is 21.7 Å². The maximum absolute atomic E-state index is 14.6. The molecule has 1 aromatic carbocycles. The Morgan fingerprint density at radius 3 is 2.35 bits per heavy atom. The summed E-state index contributed by atoms with van der Waals surface area (Å²) in [4.78, 5) is 29.0. The van der Waals surface area contributed by atoms with E-state index in [0.717, 1.165) is 21.3 Å². The molecular formula is C16H14ClF2N5O2. The highest BCUT2D eigenvalue weighted by Gasteiger charge is 2.25. The smallest absolute Gasteiger partial charge is 0.332 e. The van der Waals surface area contributed by atoms with Crippen molar-refractivity contribution in [3.8, 4) is 11.1 Å². The van der Waals surface area contributed by atoms with Crippen LogP contribution in [-0.2, 0) is 20.6 Å². The molecule has 0 saturated carbocycles. The molecule has 2 heterocycles. The van der Waals surface area contributed by atoms with Crippen molar-refractivity contribution < 1.29 is 8.78 Å². The van der Waals surface area contributed by atoms with Gasteiger partial charge in [-0.05, 0) is 12.1 Å². The van der Waals surface area contributed by atoms with Gasteiger partial charge in [0.05, 0.1) is 10.4 Å². The predicted molar refractivity (Wildman–Crippen MR) is 94.9 cm³/mol. The van der Waals surface area contributed by atoms with Crippen molar-refractivity contribution in [3.05, 3.63) is 55.2 Å². The first-order valence-electron chi connectivity index (χ1n) is 7.42. The summed E-state index contributed by atoms with van der Waals surface area (Å²) in [5.41, 5.74) is 9.84. The molecule has 136 valence electrons. The number of nitrogens with zero attached hydrogens (tertiary/aromatic N) is 3. The first-order valence-corrected chi connectivity index (χ1v) is 7.80. The van der Waals surface area contributed by atoms with Crippen molar-refractivity contribution in [2.45, 2.75) is 6.54 Å². The molecule has 3 rings (SSSR count). The molecule has 0 amide bonds.